The smallest absolute Gasteiger partial charge is 0.211 e. The maximum atomic E-state index is 10.7. The van der Waals surface area contributed by atoms with Gasteiger partial charge in [-0.05, 0) is 26.3 Å². The van der Waals surface area contributed by atoms with Crippen LogP contribution in [0.4, 0.5) is 0 Å². The van der Waals surface area contributed by atoms with E-state index in [4.69, 9.17) is 9.47 Å². The van der Waals surface area contributed by atoms with E-state index in [1.807, 2.05) is 0 Å². The fraction of sp³-hybridized carbons (Fsp3) is 0.600. The number of allylic oxidation sites excluding steroid dienone is 1. The molecule has 0 radical (unpaired) electrons. The Morgan fingerprint density at radius 1 is 1.47 bits per heavy atom. The zero-order chi connectivity index (χ0) is 11.5. The van der Waals surface area contributed by atoms with E-state index < -0.39 is 5.79 Å². The van der Waals surface area contributed by atoms with Gasteiger partial charge in [0.05, 0.1) is 12.3 Å². The molecule has 0 aromatic heterocycles. The van der Waals surface area contributed by atoms with Crippen LogP contribution in [0.3, 0.4) is 0 Å². The molecule has 0 bridgehead atoms. The summed E-state index contributed by atoms with van der Waals surface area (Å²) in [7, 11) is 0. The topological polar surface area (TPSA) is 64.6 Å². The van der Waals surface area contributed by atoms with Gasteiger partial charge in [0, 0.05) is 0 Å². The molecule has 5 heteroatoms. The van der Waals surface area contributed by atoms with Gasteiger partial charge in [0.25, 0.3) is 0 Å². The van der Waals surface area contributed by atoms with Gasteiger partial charge in [-0.15, -0.1) is 0 Å². The summed E-state index contributed by atoms with van der Waals surface area (Å²) in [4.78, 5) is 20.9. The standard InChI is InChI=1S/C10H15NO4/c1-7(8(4-12)11-6-13)9-5-14-10(2,3)15-9/h4,6,9H,5H2,1-3H3,(H,11,13)/b8-7-/t9-/m1/s1. The zero-order valence-corrected chi connectivity index (χ0v) is 9.07. The Hall–Kier alpha value is -1.20. The van der Waals surface area contributed by atoms with Gasteiger partial charge in [-0.1, -0.05) is 0 Å². The molecule has 1 saturated heterocycles. The molecule has 1 heterocycles. The van der Waals surface area contributed by atoms with E-state index in [1.165, 1.54) is 0 Å². The first-order valence-corrected chi connectivity index (χ1v) is 4.68. The molecule has 0 aromatic carbocycles. The van der Waals surface area contributed by atoms with E-state index in [1.54, 1.807) is 20.8 Å². The van der Waals surface area contributed by atoms with Crippen molar-refractivity contribution < 1.29 is 19.1 Å². The van der Waals surface area contributed by atoms with Crippen LogP contribution in [0, 0.1) is 0 Å². The summed E-state index contributed by atoms with van der Waals surface area (Å²) in [5, 5.41) is 2.33. The summed E-state index contributed by atoms with van der Waals surface area (Å²) in [6, 6.07) is 0. The number of rotatable bonds is 4. The number of carbonyl (C=O) groups is 2. The minimum atomic E-state index is -0.638. The zero-order valence-electron chi connectivity index (χ0n) is 9.07. The molecular formula is C10H15NO4. The second kappa shape index (κ2) is 4.55. The molecule has 1 N–H and O–H groups in total. The fourth-order valence-corrected chi connectivity index (χ4v) is 1.38. The van der Waals surface area contributed by atoms with E-state index in [0.717, 1.165) is 0 Å². The Morgan fingerprint density at radius 3 is 2.53 bits per heavy atom. The molecule has 1 rings (SSSR count). The normalized spacial score (nSPS) is 25.7. The Kier molecular flexibility index (Phi) is 3.60. The second-order valence-corrected chi connectivity index (χ2v) is 3.79. The van der Waals surface area contributed by atoms with E-state index >= 15 is 0 Å². The van der Waals surface area contributed by atoms with Gasteiger partial charge in [-0.2, -0.15) is 0 Å². The molecule has 1 amide bonds. The largest absolute Gasteiger partial charge is 0.347 e. The maximum Gasteiger partial charge on any atom is 0.211 e. The minimum Gasteiger partial charge on any atom is -0.347 e. The van der Waals surface area contributed by atoms with Gasteiger partial charge in [0.15, 0.2) is 12.1 Å². The van der Waals surface area contributed by atoms with Gasteiger partial charge in [-0.3, -0.25) is 9.59 Å². The van der Waals surface area contributed by atoms with Crippen LogP contribution >= 0.6 is 0 Å². The number of hydrogen-bond donors (Lipinski definition) is 1. The van der Waals surface area contributed by atoms with Crippen molar-refractivity contribution in [1.82, 2.24) is 5.32 Å². The SMILES string of the molecule is C/C(=C(\C=O)NC=O)[C@H]1COC(C)(C)O1. The molecule has 15 heavy (non-hydrogen) atoms. The molecular weight excluding hydrogens is 198 g/mol. The molecule has 0 unspecified atom stereocenters. The van der Waals surface area contributed by atoms with Crippen LogP contribution in [-0.4, -0.2) is 31.2 Å². The third kappa shape index (κ3) is 2.87. The van der Waals surface area contributed by atoms with Crippen molar-refractivity contribution in [2.24, 2.45) is 0 Å². The monoisotopic (exact) mass is 213 g/mol. The summed E-state index contributed by atoms with van der Waals surface area (Å²) in [6.07, 6.45) is 0.778. The Balaban J connectivity index is 2.79. The van der Waals surface area contributed by atoms with Gasteiger partial charge < -0.3 is 14.8 Å². The van der Waals surface area contributed by atoms with Gasteiger partial charge >= 0.3 is 0 Å². The molecule has 1 aliphatic heterocycles. The molecule has 84 valence electrons. The maximum absolute atomic E-state index is 10.7. The van der Waals surface area contributed by atoms with Crippen LogP contribution in [0.5, 0.6) is 0 Å². The summed E-state index contributed by atoms with van der Waals surface area (Å²) in [6.45, 7) is 5.72. The average molecular weight is 213 g/mol. The number of aldehydes is 1. The number of ether oxygens (including phenoxy) is 2. The third-order valence-corrected chi connectivity index (χ3v) is 2.25. The first kappa shape index (κ1) is 11.9. The Bertz CT molecular complexity index is 296. The number of carbonyl (C=O) groups excluding carboxylic acids is 2. The predicted octanol–water partition coefficient (Wildman–Crippen LogP) is 0.357. The lowest BCUT2D eigenvalue weighted by Gasteiger charge is -2.18. The molecule has 0 saturated carbocycles. The second-order valence-electron chi connectivity index (χ2n) is 3.79. The lowest BCUT2D eigenvalue weighted by atomic mass is 10.1. The van der Waals surface area contributed by atoms with Crippen LogP contribution in [0.25, 0.3) is 0 Å². The highest BCUT2D eigenvalue weighted by Gasteiger charge is 2.34. The quantitative estimate of drug-likeness (QED) is 0.541. The summed E-state index contributed by atoms with van der Waals surface area (Å²) in [5.41, 5.74) is 0.902. The van der Waals surface area contributed by atoms with Crippen molar-refractivity contribution in [3.63, 3.8) is 0 Å². The molecule has 0 aliphatic carbocycles. The van der Waals surface area contributed by atoms with E-state index in [0.29, 0.717) is 24.9 Å². The molecule has 1 atom stereocenters. The van der Waals surface area contributed by atoms with Crippen molar-refractivity contribution in [1.29, 1.82) is 0 Å². The van der Waals surface area contributed by atoms with E-state index in [9.17, 15) is 9.59 Å². The van der Waals surface area contributed by atoms with Crippen molar-refractivity contribution in [3.05, 3.63) is 11.3 Å². The fourth-order valence-electron chi connectivity index (χ4n) is 1.38. The van der Waals surface area contributed by atoms with Crippen molar-refractivity contribution in [3.8, 4) is 0 Å². The van der Waals surface area contributed by atoms with Crippen LogP contribution in [0.15, 0.2) is 11.3 Å². The summed E-state index contributed by atoms with van der Waals surface area (Å²) < 4.78 is 10.9. The lowest BCUT2D eigenvalue weighted by Crippen LogP contribution is -2.24. The summed E-state index contributed by atoms with van der Waals surface area (Å²) >= 11 is 0. The van der Waals surface area contributed by atoms with E-state index in [2.05, 4.69) is 5.32 Å². The third-order valence-electron chi connectivity index (χ3n) is 2.25. The molecule has 0 aromatic rings. The first-order valence-electron chi connectivity index (χ1n) is 4.68. The predicted molar refractivity (Wildman–Crippen MR) is 52.9 cm³/mol. The van der Waals surface area contributed by atoms with Crippen LogP contribution < -0.4 is 5.32 Å². The number of hydrogen-bond acceptors (Lipinski definition) is 4. The molecule has 5 nitrogen and oxygen atoms in total. The van der Waals surface area contributed by atoms with Crippen LogP contribution in [0.2, 0.25) is 0 Å². The number of amides is 1. The number of nitrogens with one attached hydrogen (secondary N) is 1. The Labute approximate surface area is 88.4 Å². The van der Waals surface area contributed by atoms with Gasteiger partial charge in [-0.25, -0.2) is 0 Å². The first-order chi connectivity index (χ1) is 7.00. The van der Waals surface area contributed by atoms with Crippen LogP contribution in [-0.2, 0) is 19.1 Å². The molecule has 1 fully saturated rings. The Morgan fingerprint density at radius 2 is 2.13 bits per heavy atom. The molecule has 1 aliphatic rings. The summed E-state index contributed by atoms with van der Waals surface area (Å²) in [5.74, 6) is -0.638. The highest BCUT2D eigenvalue weighted by molar-refractivity contribution is 5.78. The van der Waals surface area contributed by atoms with Gasteiger partial charge in [0.1, 0.15) is 6.10 Å². The molecule has 0 spiro atoms. The van der Waals surface area contributed by atoms with Crippen LogP contribution in [0.1, 0.15) is 20.8 Å². The van der Waals surface area contributed by atoms with E-state index in [-0.39, 0.29) is 11.8 Å². The average Bonchev–Trinajstić information content (AvgIpc) is 2.54. The minimum absolute atomic E-state index is 0.233. The highest BCUT2D eigenvalue weighted by Crippen LogP contribution is 2.26. The van der Waals surface area contributed by atoms with Crippen molar-refractivity contribution >= 4 is 12.7 Å². The van der Waals surface area contributed by atoms with Crippen molar-refractivity contribution in [2.75, 3.05) is 6.61 Å². The lowest BCUT2D eigenvalue weighted by molar-refractivity contribution is -0.134. The highest BCUT2D eigenvalue weighted by atomic mass is 16.7. The van der Waals surface area contributed by atoms with Crippen molar-refractivity contribution in [2.45, 2.75) is 32.7 Å². The van der Waals surface area contributed by atoms with Gasteiger partial charge in [0.2, 0.25) is 6.41 Å².